The molecule has 0 aliphatic rings. The van der Waals surface area contributed by atoms with Crippen molar-refractivity contribution in [3.8, 4) is 6.01 Å². The number of aromatic nitrogens is 3. The lowest BCUT2D eigenvalue weighted by molar-refractivity contribution is -0.384. The van der Waals surface area contributed by atoms with Crippen LogP contribution in [0.25, 0.3) is 0 Å². The van der Waals surface area contributed by atoms with Crippen molar-refractivity contribution >= 4 is 17.5 Å². The van der Waals surface area contributed by atoms with Crippen LogP contribution in [0.5, 0.6) is 6.01 Å². The second-order valence-corrected chi connectivity index (χ2v) is 3.82. The first kappa shape index (κ1) is 13.5. The number of rotatable bonds is 5. The van der Waals surface area contributed by atoms with Crippen molar-refractivity contribution in [2.24, 2.45) is 0 Å². The van der Waals surface area contributed by atoms with Crippen molar-refractivity contribution < 1.29 is 14.5 Å². The minimum absolute atomic E-state index is 0.00923. The number of amides is 1. The Morgan fingerprint density at radius 2 is 2.35 bits per heavy atom. The normalized spacial score (nSPS) is 10.1. The van der Waals surface area contributed by atoms with Gasteiger partial charge < -0.3 is 4.74 Å². The van der Waals surface area contributed by atoms with E-state index >= 15 is 0 Å². The monoisotopic (exact) mass is 277 g/mol. The average molecular weight is 277 g/mol. The SMILES string of the molecule is COc1n[nH]c(NC(=O)Cc2cccc([N+](=O)[O-])c2)n1. The predicted octanol–water partition coefficient (Wildman–Crippen LogP) is 0.903. The highest BCUT2D eigenvalue weighted by Crippen LogP contribution is 2.14. The number of non-ortho nitro benzene ring substituents is 1. The lowest BCUT2D eigenvalue weighted by Gasteiger charge is -2.01. The molecule has 1 aromatic heterocycles. The van der Waals surface area contributed by atoms with Gasteiger partial charge in [0.2, 0.25) is 11.9 Å². The maximum absolute atomic E-state index is 11.8. The smallest absolute Gasteiger partial charge is 0.336 e. The molecule has 0 atom stereocenters. The van der Waals surface area contributed by atoms with E-state index in [1.54, 1.807) is 6.07 Å². The van der Waals surface area contributed by atoms with Crippen LogP contribution < -0.4 is 10.1 Å². The van der Waals surface area contributed by atoms with E-state index in [9.17, 15) is 14.9 Å². The van der Waals surface area contributed by atoms with Crippen LogP contribution in [0.4, 0.5) is 11.6 Å². The maximum atomic E-state index is 11.8. The summed E-state index contributed by atoms with van der Waals surface area (Å²) in [5.74, 6) is -0.221. The number of carbonyl (C=O) groups excluding carboxylic acids is 1. The van der Waals surface area contributed by atoms with E-state index in [0.29, 0.717) is 5.56 Å². The van der Waals surface area contributed by atoms with Crippen LogP contribution in [0.15, 0.2) is 24.3 Å². The number of nitro groups is 1. The Morgan fingerprint density at radius 1 is 1.55 bits per heavy atom. The molecule has 0 saturated carbocycles. The molecule has 9 heteroatoms. The van der Waals surface area contributed by atoms with Crippen molar-refractivity contribution in [1.29, 1.82) is 0 Å². The summed E-state index contributed by atoms with van der Waals surface area (Å²) in [5, 5.41) is 19.3. The molecule has 1 amide bonds. The molecular weight excluding hydrogens is 266 g/mol. The summed E-state index contributed by atoms with van der Waals surface area (Å²) in [7, 11) is 1.40. The number of methoxy groups -OCH3 is 1. The predicted molar refractivity (Wildman–Crippen MR) is 68.4 cm³/mol. The van der Waals surface area contributed by atoms with Gasteiger partial charge in [0.1, 0.15) is 0 Å². The van der Waals surface area contributed by atoms with Crippen molar-refractivity contribution in [3.63, 3.8) is 0 Å². The zero-order valence-electron chi connectivity index (χ0n) is 10.5. The molecular formula is C11H11N5O4. The van der Waals surface area contributed by atoms with Gasteiger partial charge in [-0.15, -0.1) is 5.10 Å². The number of carbonyl (C=O) groups is 1. The Balaban J connectivity index is 2.00. The van der Waals surface area contributed by atoms with E-state index < -0.39 is 4.92 Å². The summed E-state index contributed by atoms with van der Waals surface area (Å²) >= 11 is 0. The summed E-state index contributed by atoms with van der Waals surface area (Å²) in [4.78, 5) is 25.7. The van der Waals surface area contributed by atoms with E-state index in [1.165, 1.54) is 25.3 Å². The van der Waals surface area contributed by atoms with Gasteiger partial charge in [0.15, 0.2) is 0 Å². The molecule has 2 aromatic rings. The molecule has 2 rings (SSSR count). The second kappa shape index (κ2) is 5.78. The fraction of sp³-hybridized carbons (Fsp3) is 0.182. The number of hydrogen-bond donors (Lipinski definition) is 2. The van der Waals surface area contributed by atoms with Crippen molar-refractivity contribution in [2.75, 3.05) is 12.4 Å². The summed E-state index contributed by atoms with van der Waals surface area (Å²) in [5.41, 5.74) is 0.472. The van der Waals surface area contributed by atoms with Gasteiger partial charge in [-0.1, -0.05) is 12.1 Å². The number of nitrogens with zero attached hydrogens (tertiary/aromatic N) is 3. The molecule has 104 valence electrons. The minimum Gasteiger partial charge on any atom is -0.466 e. The molecule has 2 N–H and O–H groups in total. The van der Waals surface area contributed by atoms with Crippen LogP contribution in [0.3, 0.4) is 0 Å². The van der Waals surface area contributed by atoms with Crippen molar-refractivity contribution in [2.45, 2.75) is 6.42 Å². The van der Waals surface area contributed by atoms with Gasteiger partial charge in [0.05, 0.1) is 18.5 Å². The molecule has 0 saturated heterocycles. The molecule has 0 fully saturated rings. The van der Waals surface area contributed by atoms with Gasteiger partial charge >= 0.3 is 6.01 Å². The molecule has 0 spiro atoms. The van der Waals surface area contributed by atoms with E-state index in [1.807, 2.05) is 0 Å². The Kier molecular flexibility index (Phi) is 3.89. The third-order valence-electron chi connectivity index (χ3n) is 2.39. The van der Waals surface area contributed by atoms with Gasteiger partial charge in [-0.2, -0.15) is 4.98 Å². The summed E-state index contributed by atoms with van der Waals surface area (Å²) in [6, 6.07) is 5.98. The fourth-order valence-electron chi connectivity index (χ4n) is 1.54. The highest BCUT2D eigenvalue weighted by Gasteiger charge is 2.11. The maximum Gasteiger partial charge on any atom is 0.336 e. The summed E-state index contributed by atoms with van der Waals surface area (Å²) in [6.45, 7) is 0. The number of nitrogens with one attached hydrogen (secondary N) is 2. The van der Waals surface area contributed by atoms with Crippen LogP contribution in [0.1, 0.15) is 5.56 Å². The van der Waals surface area contributed by atoms with Gasteiger partial charge in [0, 0.05) is 12.1 Å². The zero-order valence-corrected chi connectivity index (χ0v) is 10.5. The molecule has 9 nitrogen and oxygen atoms in total. The van der Waals surface area contributed by atoms with Crippen LogP contribution >= 0.6 is 0 Å². The lowest BCUT2D eigenvalue weighted by atomic mass is 10.1. The highest BCUT2D eigenvalue weighted by atomic mass is 16.6. The number of ether oxygens (including phenoxy) is 1. The number of nitro benzene ring substituents is 1. The molecule has 1 heterocycles. The van der Waals surface area contributed by atoms with Gasteiger partial charge in [-0.3, -0.25) is 20.2 Å². The molecule has 0 aliphatic carbocycles. The first-order valence-corrected chi connectivity index (χ1v) is 5.58. The first-order chi connectivity index (χ1) is 9.58. The second-order valence-electron chi connectivity index (χ2n) is 3.82. The quantitative estimate of drug-likeness (QED) is 0.618. The third-order valence-corrected chi connectivity index (χ3v) is 2.39. The van der Waals surface area contributed by atoms with Gasteiger partial charge in [0.25, 0.3) is 5.69 Å². The molecule has 0 bridgehead atoms. The molecule has 0 unspecified atom stereocenters. The standard InChI is InChI=1S/C11H11N5O4/c1-20-11-13-10(14-15-11)12-9(17)6-7-3-2-4-8(5-7)16(18)19/h2-5H,6H2,1H3,(H2,12,13,14,15,17). The van der Waals surface area contributed by atoms with Crippen LogP contribution in [0, 0.1) is 10.1 Å². The molecule has 0 aliphatic heterocycles. The lowest BCUT2D eigenvalue weighted by Crippen LogP contribution is -2.15. The van der Waals surface area contributed by atoms with Crippen LogP contribution in [-0.4, -0.2) is 33.1 Å². The first-order valence-electron chi connectivity index (χ1n) is 5.58. The minimum atomic E-state index is -0.511. The summed E-state index contributed by atoms with van der Waals surface area (Å²) < 4.78 is 4.76. The molecule has 0 radical (unpaired) electrons. The molecule has 1 aromatic carbocycles. The van der Waals surface area contributed by atoms with E-state index in [-0.39, 0.29) is 30.0 Å². The largest absolute Gasteiger partial charge is 0.466 e. The highest BCUT2D eigenvalue weighted by molar-refractivity contribution is 5.90. The number of anilines is 1. The number of H-pyrrole nitrogens is 1. The average Bonchev–Trinajstić information content (AvgIpc) is 2.86. The van der Waals surface area contributed by atoms with Crippen LogP contribution in [-0.2, 0) is 11.2 Å². The summed E-state index contributed by atoms with van der Waals surface area (Å²) in [6.07, 6.45) is -0.00923. The number of aromatic amines is 1. The molecule has 20 heavy (non-hydrogen) atoms. The van der Waals surface area contributed by atoms with E-state index in [0.717, 1.165) is 0 Å². The Labute approximate surface area is 113 Å². The van der Waals surface area contributed by atoms with Crippen molar-refractivity contribution in [1.82, 2.24) is 15.2 Å². The Bertz CT molecular complexity index is 639. The Hall–Kier alpha value is -2.97. The van der Waals surface area contributed by atoms with E-state index in [2.05, 4.69) is 20.5 Å². The van der Waals surface area contributed by atoms with Gasteiger partial charge in [-0.25, -0.2) is 5.10 Å². The number of benzene rings is 1. The van der Waals surface area contributed by atoms with Crippen LogP contribution in [0.2, 0.25) is 0 Å². The van der Waals surface area contributed by atoms with E-state index in [4.69, 9.17) is 4.74 Å². The third kappa shape index (κ3) is 3.28. The van der Waals surface area contributed by atoms with Gasteiger partial charge in [-0.05, 0) is 5.56 Å². The number of hydrogen-bond acceptors (Lipinski definition) is 6. The zero-order chi connectivity index (χ0) is 14.5. The van der Waals surface area contributed by atoms with Crippen molar-refractivity contribution in [3.05, 3.63) is 39.9 Å². The Morgan fingerprint density at radius 3 is 3.00 bits per heavy atom. The fourth-order valence-corrected chi connectivity index (χ4v) is 1.54. The topological polar surface area (TPSA) is 123 Å².